The number of carboxylic acid groups (broad SMARTS) is 1. The van der Waals surface area contributed by atoms with Gasteiger partial charge in [-0.2, -0.15) is 13.1 Å². The van der Waals surface area contributed by atoms with Gasteiger partial charge in [-0.15, -0.1) is 0 Å². The van der Waals surface area contributed by atoms with Crippen molar-refractivity contribution in [2.24, 2.45) is 5.92 Å². The average molecular weight is 383 g/mol. The molecule has 24 heavy (non-hydrogen) atoms. The molecular weight excluding hydrogens is 368 g/mol. The first kappa shape index (κ1) is 18.7. The number of piperidine rings is 1. The molecule has 0 aromatic heterocycles. The lowest BCUT2D eigenvalue weighted by molar-refractivity contribution is -0.142. The predicted octanol–water partition coefficient (Wildman–Crippen LogP) is 1.17. The van der Waals surface area contributed by atoms with Crippen molar-refractivity contribution in [1.29, 1.82) is 0 Å². The van der Waals surface area contributed by atoms with Gasteiger partial charge in [0.2, 0.25) is 19.9 Å². The molecule has 7 nitrogen and oxygen atoms in total. The topological polar surface area (TPSA) is 109 Å². The van der Waals surface area contributed by atoms with Gasteiger partial charge < -0.3 is 5.11 Å². The SMILES string of the molecule is O=C(O)C1CCN(S(=O)(=O)c2ccccc2S(=O)(=O)C(F)F)CC1. The number of nitrogens with zero attached hydrogens (tertiary/aromatic N) is 1. The van der Waals surface area contributed by atoms with E-state index in [1.54, 1.807) is 0 Å². The molecule has 1 fully saturated rings. The molecule has 11 heteroatoms. The number of sulfonamides is 1. The van der Waals surface area contributed by atoms with Crippen molar-refractivity contribution in [2.45, 2.75) is 28.4 Å². The third kappa shape index (κ3) is 3.42. The lowest BCUT2D eigenvalue weighted by Crippen LogP contribution is -2.40. The molecule has 1 aliphatic heterocycles. The highest BCUT2D eigenvalue weighted by Crippen LogP contribution is 2.30. The normalized spacial score (nSPS) is 18.0. The molecule has 0 bridgehead atoms. The van der Waals surface area contributed by atoms with Crippen LogP contribution in [-0.2, 0) is 24.7 Å². The maximum atomic E-state index is 12.8. The molecule has 1 heterocycles. The zero-order valence-corrected chi connectivity index (χ0v) is 13.9. The summed E-state index contributed by atoms with van der Waals surface area (Å²) < 4.78 is 75.2. The van der Waals surface area contributed by atoms with Gasteiger partial charge in [-0.25, -0.2) is 16.8 Å². The van der Waals surface area contributed by atoms with E-state index in [0.717, 1.165) is 22.5 Å². The second-order valence-electron chi connectivity index (χ2n) is 5.27. The fourth-order valence-electron chi connectivity index (χ4n) is 2.48. The minimum Gasteiger partial charge on any atom is -0.481 e. The van der Waals surface area contributed by atoms with Crippen LogP contribution in [0.3, 0.4) is 0 Å². The van der Waals surface area contributed by atoms with E-state index in [0.29, 0.717) is 0 Å². The molecule has 0 amide bonds. The van der Waals surface area contributed by atoms with Gasteiger partial charge in [-0.05, 0) is 25.0 Å². The standard InChI is InChI=1S/C13H15F2NO6S2/c14-13(15)23(19,20)10-3-1-2-4-11(10)24(21,22)16-7-5-9(6-8-16)12(17)18/h1-4,9,13H,5-8H2,(H,17,18). The lowest BCUT2D eigenvalue weighted by Gasteiger charge is -2.29. The second-order valence-corrected chi connectivity index (χ2v) is 9.06. The Bertz CT molecular complexity index is 830. The third-order valence-corrected chi connectivity index (χ3v) is 7.34. The van der Waals surface area contributed by atoms with Crippen LogP contribution in [0.2, 0.25) is 0 Å². The van der Waals surface area contributed by atoms with Gasteiger partial charge in [-0.3, -0.25) is 4.79 Å². The molecule has 1 aromatic carbocycles. The zero-order chi connectivity index (χ0) is 18.1. The predicted molar refractivity (Wildman–Crippen MR) is 78.8 cm³/mol. The minimum absolute atomic E-state index is 0.0678. The van der Waals surface area contributed by atoms with Crippen LogP contribution >= 0.6 is 0 Å². The number of sulfone groups is 1. The second kappa shape index (κ2) is 6.73. The van der Waals surface area contributed by atoms with Gasteiger partial charge in [0.1, 0.15) is 4.90 Å². The lowest BCUT2D eigenvalue weighted by atomic mass is 9.99. The quantitative estimate of drug-likeness (QED) is 0.818. The number of carbonyl (C=O) groups is 1. The van der Waals surface area contributed by atoms with Crippen molar-refractivity contribution >= 4 is 25.8 Å². The summed E-state index contributed by atoms with van der Waals surface area (Å²) >= 11 is 0. The summed E-state index contributed by atoms with van der Waals surface area (Å²) in [6, 6.07) is 4.17. The Kier molecular flexibility index (Phi) is 5.25. The van der Waals surface area contributed by atoms with Crippen LogP contribution in [0, 0.1) is 5.92 Å². The number of rotatable bonds is 5. The van der Waals surface area contributed by atoms with Crippen LogP contribution in [-0.4, -0.2) is 51.1 Å². The Balaban J connectivity index is 2.40. The summed E-state index contributed by atoms with van der Waals surface area (Å²) in [6.45, 7) is -0.245. The van der Waals surface area contributed by atoms with Gasteiger partial charge in [0, 0.05) is 13.1 Å². The van der Waals surface area contributed by atoms with Crippen LogP contribution in [0.5, 0.6) is 0 Å². The molecule has 0 atom stereocenters. The molecule has 0 spiro atoms. The summed E-state index contributed by atoms with van der Waals surface area (Å²) in [5.41, 5.74) is 0. The first-order valence-corrected chi connectivity index (χ1v) is 9.91. The summed E-state index contributed by atoms with van der Waals surface area (Å²) in [5, 5.41) is 8.93. The van der Waals surface area contributed by atoms with Crippen LogP contribution in [0.25, 0.3) is 0 Å². The largest absolute Gasteiger partial charge is 0.481 e. The van der Waals surface area contributed by atoms with Gasteiger partial charge in [0.25, 0.3) is 0 Å². The molecule has 134 valence electrons. The molecule has 0 saturated carbocycles. The molecule has 1 N–H and O–H groups in total. The average Bonchev–Trinajstić information content (AvgIpc) is 2.54. The van der Waals surface area contributed by atoms with E-state index in [1.165, 1.54) is 6.07 Å². The highest BCUT2D eigenvalue weighted by atomic mass is 32.2. The number of halogens is 2. The Morgan fingerprint density at radius 3 is 2.04 bits per heavy atom. The molecule has 0 aliphatic carbocycles. The van der Waals surface area contributed by atoms with Crippen LogP contribution in [0.15, 0.2) is 34.1 Å². The first-order chi connectivity index (χ1) is 11.1. The maximum absolute atomic E-state index is 12.8. The molecule has 0 unspecified atom stereocenters. The molecule has 1 aliphatic rings. The monoisotopic (exact) mass is 383 g/mol. The molecule has 0 radical (unpaired) electrons. The van der Waals surface area contributed by atoms with E-state index in [1.807, 2.05) is 0 Å². The van der Waals surface area contributed by atoms with E-state index >= 15 is 0 Å². The van der Waals surface area contributed by atoms with Gasteiger partial charge in [-0.1, -0.05) is 12.1 Å². The molecule has 1 aromatic rings. The Hall–Kier alpha value is -1.59. The number of hydrogen-bond donors (Lipinski definition) is 1. The summed E-state index contributed by atoms with van der Waals surface area (Å²) in [5.74, 6) is -5.46. The Morgan fingerprint density at radius 2 is 1.58 bits per heavy atom. The number of aliphatic carboxylic acids is 1. The van der Waals surface area contributed by atoms with Crippen LogP contribution in [0.4, 0.5) is 8.78 Å². The number of hydrogen-bond acceptors (Lipinski definition) is 5. The summed E-state index contributed by atoms with van der Waals surface area (Å²) in [7, 11) is -9.42. The molecule has 1 saturated heterocycles. The van der Waals surface area contributed by atoms with Crippen LogP contribution in [0.1, 0.15) is 12.8 Å². The summed E-state index contributed by atoms with van der Waals surface area (Å²) in [4.78, 5) is 9.23. The Morgan fingerprint density at radius 1 is 1.08 bits per heavy atom. The van der Waals surface area contributed by atoms with E-state index in [2.05, 4.69) is 0 Å². The number of alkyl halides is 2. The third-order valence-electron chi connectivity index (χ3n) is 3.81. The highest BCUT2D eigenvalue weighted by molar-refractivity contribution is 7.93. The first-order valence-electron chi connectivity index (χ1n) is 6.92. The van der Waals surface area contributed by atoms with E-state index in [-0.39, 0.29) is 25.9 Å². The van der Waals surface area contributed by atoms with E-state index in [4.69, 9.17) is 5.11 Å². The minimum atomic E-state index is -5.09. The van der Waals surface area contributed by atoms with Crippen LogP contribution < -0.4 is 0 Å². The van der Waals surface area contributed by atoms with Crippen molar-refractivity contribution in [2.75, 3.05) is 13.1 Å². The fourth-order valence-corrected chi connectivity index (χ4v) is 5.49. The number of benzene rings is 1. The smallest absolute Gasteiger partial charge is 0.341 e. The van der Waals surface area contributed by atoms with Crippen molar-refractivity contribution in [3.05, 3.63) is 24.3 Å². The van der Waals surface area contributed by atoms with Gasteiger partial charge in [0.05, 0.1) is 10.8 Å². The molecular formula is C13H15F2NO6S2. The molecule has 2 rings (SSSR count). The zero-order valence-electron chi connectivity index (χ0n) is 12.3. The van der Waals surface area contributed by atoms with Gasteiger partial charge in [0.15, 0.2) is 0 Å². The highest BCUT2D eigenvalue weighted by Gasteiger charge is 2.37. The van der Waals surface area contributed by atoms with Crippen molar-refractivity contribution in [3.8, 4) is 0 Å². The van der Waals surface area contributed by atoms with E-state index < -0.39 is 47.3 Å². The fraction of sp³-hybridized carbons (Fsp3) is 0.462. The number of carboxylic acids is 1. The summed E-state index contributed by atoms with van der Waals surface area (Å²) in [6.07, 6.45) is 0.136. The maximum Gasteiger partial charge on any atom is 0.341 e. The van der Waals surface area contributed by atoms with Gasteiger partial charge >= 0.3 is 11.7 Å². The Labute approximate surface area is 137 Å². The van der Waals surface area contributed by atoms with Crippen molar-refractivity contribution in [3.63, 3.8) is 0 Å². The van der Waals surface area contributed by atoms with Crippen molar-refractivity contribution < 1.29 is 35.5 Å². The van der Waals surface area contributed by atoms with Crippen molar-refractivity contribution in [1.82, 2.24) is 4.31 Å². The van der Waals surface area contributed by atoms with E-state index in [9.17, 15) is 30.4 Å².